The van der Waals surface area contributed by atoms with E-state index in [-0.39, 0.29) is 5.91 Å². The highest BCUT2D eigenvalue weighted by Crippen LogP contribution is 2.17. The zero-order chi connectivity index (χ0) is 20.1. The summed E-state index contributed by atoms with van der Waals surface area (Å²) in [5.41, 5.74) is 4.12. The predicted molar refractivity (Wildman–Crippen MR) is 107 cm³/mol. The van der Waals surface area contributed by atoms with Gasteiger partial charge < -0.3 is 10.1 Å². The molecule has 1 unspecified atom stereocenters. The second-order valence-corrected chi connectivity index (χ2v) is 6.76. The fourth-order valence-electron chi connectivity index (χ4n) is 2.71. The summed E-state index contributed by atoms with van der Waals surface area (Å²) in [4.78, 5) is 24.7. The van der Waals surface area contributed by atoms with Crippen molar-refractivity contribution in [1.29, 1.82) is 0 Å². The molecule has 0 spiro atoms. The maximum Gasteiger partial charge on any atom is 0.338 e. The molecule has 1 aromatic heterocycles. The standard InChI is InChI=1S/C22H23N3O3/c1-15-5-6-16(2)20(13-15)24-21(26)17(3)28-22(27)19-9-7-18(8-10-19)14-25-12-4-11-23-25/h4-13,17H,14H2,1-3H3,(H,24,26). The van der Waals surface area contributed by atoms with Crippen LogP contribution in [0.1, 0.15) is 34.0 Å². The van der Waals surface area contributed by atoms with E-state index in [4.69, 9.17) is 4.74 Å². The number of hydrogen-bond acceptors (Lipinski definition) is 4. The van der Waals surface area contributed by atoms with Gasteiger partial charge in [-0.25, -0.2) is 4.79 Å². The number of carbonyl (C=O) groups is 2. The summed E-state index contributed by atoms with van der Waals surface area (Å²) in [7, 11) is 0. The summed E-state index contributed by atoms with van der Waals surface area (Å²) >= 11 is 0. The molecule has 0 saturated carbocycles. The van der Waals surface area contributed by atoms with Crippen molar-refractivity contribution in [2.45, 2.75) is 33.4 Å². The van der Waals surface area contributed by atoms with Gasteiger partial charge in [-0.05, 0) is 61.7 Å². The van der Waals surface area contributed by atoms with Gasteiger partial charge in [0.2, 0.25) is 0 Å². The molecule has 0 aliphatic rings. The van der Waals surface area contributed by atoms with E-state index in [0.29, 0.717) is 12.1 Å². The van der Waals surface area contributed by atoms with Crippen LogP contribution in [-0.4, -0.2) is 27.8 Å². The molecule has 144 valence electrons. The first-order valence-corrected chi connectivity index (χ1v) is 9.08. The molecule has 0 aliphatic heterocycles. The molecule has 1 atom stereocenters. The SMILES string of the molecule is Cc1ccc(C)c(NC(=O)C(C)OC(=O)c2ccc(Cn3cccn3)cc2)c1. The van der Waals surface area contributed by atoms with Crippen molar-refractivity contribution in [1.82, 2.24) is 9.78 Å². The number of nitrogens with one attached hydrogen (secondary N) is 1. The minimum atomic E-state index is -0.906. The first-order valence-electron chi connectivity index (χ1n) is 9.08. The molecule has 0 saturated heterocycles. The van der Waals surface area contributed by atoms with E-state index < -0.39 is 12.1 Å². The van der Waals surface area contributed by atoms with Crippen LogP contribution in [0.3, 0.4) is 0 Å². The fraction of sp³-hybridized carbons (Fsp3) is 0.227. The van der Waals surface area contributed by atoms with Crippen LogP contribution in [0.2, 0.25) is 0 Å². The molecule has 3 rings (SSSR count). The first-order chi connectivity index (χ1) is 13.4. The van der Waals surface area contributed by atoms with Gasteiger partial charge in [-0.3, -0.25) is 9.48 Å². The van der Waals surface area contributed by atoms with Gasteiger partial charge in [0, 0.05) is 18.1 Å². The zero-order valence-electron chi connectivity index (χ0n) is 16.2. The van der Waals surface area contributed by atoms with E-state index in [2.05, 4.69) is 10.4 Å². The van der Waals surface area contributed by atoms with Crippen molar-refractivity contribution in [2.24, 2.45) is 0 Å². The van der Waals surface area contributed by atoms with E-state index >= 15 is 0 Å². The van der Waals surface area contributed by atoms with Gasteiger partial charge in [-0.15, -0.1) is 0 Å². The summed E-state index contributed by atoms with van der Waals surface area (Å²) < 4.78 is 7.12. The Morgan fingerprint density at radius 1 is 1.14 bits per heavy atom. The van der Waals surface area contributed by atoms with Crippen molar-refractivity contribution < 1.29 is 14.3 Å². The lowest BCUT2D eigenvalue weighted by atomic mass is 10.1. The number of aryl methyl sites for hydroxylation is 2. The summed E-state index contributed by atoms with van der Waals surface area (Å²) in [5.74, 6) is -0.897. The molecule has 1 N–H and O–H groups in total. The highest BCUT2D eigenvalue weighted by molar-refractivity contribution is 5.97. The molecule has 0 bridgehead atoms. The van der Waals surface area contributed by atoms with Gasteiger partial charge in [0.05, 0.1) is 12.1 Å². The third-order valence-corrected chi connectivity index (χ3v) is 4.40. The Morgan fingerprint density at radius 3 is 2.57 bits per heavy atom. The number of amides is 1. The number of rotatable bonds is 6. The van der Waals surface area contributed by atoms with Crippen molar-refractivity contribution in [3.8, 4) is 0 Å². The van der Waals surface area contributed by atoms with E-state index in [1.165, 1.54) is 0 Å². The van der Waals surface area contributed by atoms with E-state index in [0.717, 1.165) is 22.4 Å². The fourth-order valence-corrected chi connectivity index (χ4v) is 2.71. The van der Waals surface area contributed by atoms with Crippen LogP contribution in [-0.2, 0) is 16.1 Å². The van der Waals surface area contributed by atoms with Crippen molar-refractivity contribution in [2.75, 3.05) is 5.32 Å². The van der Waals surface area contributed by atoms with Crippen LogP contribution >= 0.6 is 0 Å². The maximum absolute atomic E-state index is 12.4. The van der Waals surface area contributed by atoms with Crippen LogP contribution in [0.15, 0.2) is 60.9 Å². The summed E-state index contributed by atoms with van der Waals surface area (Å²) in [5, 5.41) is 6.97. The van der Waals surface area contributed by atoms with E-state index in [1.54, 1.807) is 29.9 Å². The monoisotopic (exact) mass is 377 g/mol. The number of carbonyl (C=O) groups excluding carboxylic acids is 2. The Bertz CT molecular complexity index is 963. The lowest BCUT2D eigenvalue weighted by Crippen LogP contribution is -2.30. The molecule has 28 heavy (non-hydrogen) atoms. The third kappa shape index (κ3) is 4.85. The molecule has 1 amide bonds. The number of benzene rings is 2. The molecular formula is C22H23N3O3. The molecule has 0 fully saturated rings. The normalized spacial score (nSPS) is 11.7. The number of anilines is 1. The second kappa shape index (κ2) is 8.52. The molecule has 3 aromatic rings. The van der Waals surface area contributed by atoms with Gasteiger partial charge in [0.25, 0.3) is 5.91 Å². The zero-order valence-corrected chi connectivity index (χ0v) is 16.2. The van der Waals surface area contributed by atoms with Gasteiger partial charge in [0.15, 0.2) is 6.10 Å². The minimum Gasteiger partial charge on any atom is -0.449 e. The van der Waals surface area contributed by atoms with E-state index in [9.17, 15) is 9.59 Å². The van der Waals surface area contributed by atoms with Crippen LogP contribution in [0.4, 0.5) is 5.69 Å². The lowest BCUT2D eigenvalue weighted by molar-refractivity contribution is -0.123. The number of nitrogens with zero attached hydrogens (tertiary/aromatic N) is 2. The van der Waals surface area contributed by atoms with Gasteiger partial charge in [-0.1, -0.05) is 24.3 Å². The molecule has 0 aliphatic carbocycles. The summed E-state index contributed by atoms with van der Waals surface area (Å²) in [6.45, 7) is 6.05. The van der Waals surface area contributed by atoms with Crippen molar-refractivity contribution in [3.63, 3.8) is 0 Å². The second-order valence-electron chi connectivity index (χ2n) is 6.76. The highest BCUT2D eigenvalue weighted by atomic mass is 16.5. The van der Waals surface area contributed by atoms with Crippen molar-refractivity contribution in [3.05, 3.63) is 83.2 Å². The quantitative estimate of drug-likeness (QED) is 0.664. The molecular weight excluding hydrogens is 354 g/mol. The topological polar surface area (TPSA) is 73.2 Å². The van der Waals surface area contributed by atoms with Gasteiger partial charge in [0.1, 0.15) is 0 Å². The number of aromatic nitrogens is 2. The molecule has 1 heterocycles. The van der Waals surface area contributed by atoms with E-state index in [1.807, 2.05) is 56.4 Å². The molecule has 6 nitrogen and oxygen atoms in total. The maximum atomic E-state index is 12.4. The molecule has 0 radical (unpaired) electrons. The Hall–Kier alpha value is -3.41. The Kier molecular flexibility index (Phi) is 5.89. The number of hydrogen-bond donors (Lipinski definition) is 1. The average molecular weight is 377 g/mol. The van der Waals surface area contributed by atoms with Gasteiger partial charge in [-0.2, -0.15) is 5.10 Å². The average Bonchev–Trinajstić information content (AvgIpc) is 3.18. The number of esters is 1. The largest absolute Gasteiger partial charge is 0.449 e. The summed E-state index contributed by atoms with van der Waals surface area (Å²) in [6.07, 6.45) is 2.69. The smallest absolute Gasteiger partial charge is 0.338 e. The summed E-state index contributed by atoms with van der Waals surface area (Å²) in [6, 6.07) is 14.7. The third-order valence-electron chi connectivity index (χ3n) is 4.40. The van der Waals surface area contributed by atoms with Crippen molar-refractivity contribution >= 4 is 17.6 Å². The van der Waals surface area contributed by atoms with Gasteiger partial charge >= 0.3 is 5.97 Å². The van der Waals surface area contributed by atoms with Crippen LogP contribution < -0.4 is 5.32 Å². The molecule has 6 heteroatoms. The lowest BCUT2D eigenvalue weighted by Gasteiger charge is -2.15. The first kappa shape index (κ1) is 19.4. The van der Waals surface area contributed by atoms with Crippen LogP contribution in [0.5, 0.6) is 0 Å². The highest BCUT2D eigenvalue weighted by Gasteiger charge is 2.19. The van der Waals surface area contributed by atoms with Crippen LogP contribution in [0.25, 0.3) is 0 Å². The van der Waals surface area contributed by atoms with Crippen LogP contribution in [0, 0.1) is 13.8 Å². The minimum absolute atomic E-state index is 0.364. The Labute approximate surface area is 164 Å². The Balaban J connectivity index is 1.58. The predicted octanol–water partition coefficient (Wildman–Crippen LogP) is 3.73. The molecule has 2 aromatic carbocycles. The Morgan fingerprint density at radius 2 is 1.89 bits per heavy atom. The number of ether oxygens (including phenoxy) is 1.